The summed E-state index contributed by atoms with van der Waals surface area (Å²) in [6, 6.07) is 5.50. The van der Waals surface area contributed by atoms with E-state index in [1.807, 2.05) is 25.1 Å². The van der Waals surface area contributed by atoms with Crippen molar-refractivity contribution in [1.82, 2.24) is 10.6 Å². The van der Waals surface area contributed by atoms with Gasteiger partial charge in [-0.15, -0.1) is 0 Å². The maximum Gasteiger partial charge on any atom is 0.315 e. The number of amides is 2. The lowest BCUT2D eigenvalue weighted by molar-refractivity contribution is 0.111. The minimum absolute atomic E-state index is 0.114. The standard InChI is InChI=1S/C17H24N2O4/c1-12(19-17(20)18-11-14-4-2-7-21-14)13-5-6-15-16(10-13)23-9-3-8-22-15/h5-6,10,12,14H,2-4,7-9,11H2,1H3,(H2,18,19,20)/t12-,14+/m1/s1. The van der Waals surface area contributed by atoms with Crippen molar-refractivity contribution in [3.63, 3.8) is 0 Å². The van der Waals surface area contributed by atoms with Gasteiger partial charge in [-0.1, -0.05) is 6.07 Å². The second kappa shape index (κ2) is 7.55. The second-order valence-corrected chi connectivity index (χ2v) is 5.97. The third-order valence-corrected chi connectivity index (χ3v) is 4.13. The van der Waals surface area contributed by atoms with Crippen LogP contribution < -0.4 is 20.1 Å². The summed E-state index contributed by atoms with van der Waals surface area (Å²) in [5.74, 6) is 1.51. The fourth-order valence-electron chi connectivity index (χ4n) is 2.79. The van der Waals surface area contributed by atoms with Gasteiger partial charge >= 0.3 is 6.03 Å². The number of hydrogen-bond acceptors (Lipinski definition) is 4. The minimum atomic E-state index is -0.180. The van der Waals surface area contributed by atoms with Gasteiger partial charge in [-0.05, 0) is 37.5 Å². The van der Waals surface area contributed by atoms with E-state index in [-0.39, 0.29) is 18.2 Å². The van der Waals surface area contributed by atoms with Crippen molar-refractivity contribution in [2.45, 2.75) is 38.3 Å². The number of ether oxygens (including phenoxy) is 3. The molecule has 0 spiro atoms. The summed E-state index contributed by atoms with van der Waals surface area (Å²) in [7, 11) is 0. The lowest BCUT2D eigenvalue weighted by atomic mass is 10.1. The van der Waals surface area contributed by atoms with Crippen LogP contribution in [0.15, 0.2) is 18.2 Å². The predicted molar refractivity (Wildman–Crippen MR) is 86.0 cm³/mol. The normalized spacial score (nSPS) is 21.3. The summed E-state index contributed by atoms with van der Waals surface area (Å²) >= 11 is 0. The zero-order valence-electron chi connectivity index (χ0n) is 13.5. The van der Waals surface area contributed by atoms with E-state index in [0.717, 1.165) is 42.9 Å². The monoisotopic (exact) mass is 320 g/mol. The highest BCUT2D eigenvalue weighted by Crippen LogP contribution is 2.32. The Kier molecular flexibility index (Phi) is 5.23. The summed E-state index contributed by atoms with van der Waals surface area (Å²) in [6.45, 7) is 4.62. The number of carbonyl (C=O) groups excluding carboxylic acids is 1. The Labute approximate surface area is 136 Å². The minimum Gasteiger partial charge on any atom is -0.490 e. The van der Waals surface area contributed by atoms with Gasteiger partial charge in [-0.25, -0.2) is 4.79 Å². The van der Waals surface area contributed by atoms with Crippen molar-refractivity contribution >= 4 is 6.03 Å². The summed E-state index contributed by atoms with van der Waals surface area (Å²) < 4.78 is 16.8. The quantitative estimate of drug-likeness (QED) is 0.894. The van der Waals surface area contributed by atoms with Crippen LogP contribution in [0.5, 0.6) is 11.5 Å². The van der Waals surface area contributed by atoms with Crippen LogP contribution in [0, 0.1) is 0 Å². The van der Waals surface area contributed by atoms with Gasteiger partial charge in [0, 0.05) is 19.6 Å². The predicted octanol–water partition coefficient (Wildman–Crippen LogP) is 2.39. The van der Waals surface area contributed by atoms with Crippen LogP contribution >= 0.6 is 0 Å². The smallest absolute Gasteiger partial charge is 0.315 e. The van der Waals surface area contributed by atoms with Crippen LogP contribution in [0.25, 0.3) is 0 Å². The highest BCUT2D eigenvalue weighted by Gasteiger charge is 2.18. The van der Waals surface area contributed by atoms with Gasteiger partial charge in [-0.3, -0.25) is 0 Å². The van der Waals surface area contributed by atoms with E-state index in [9.17, 15) is 4.79 Å². The Bertz CT molecular complexity index is 543. The Morgan fingerprint density at radius 3 is 2.83 bits per heavy atom. The molecule has 6 nitrogen and oxygen atoms in total. The average molecular weight is 320 g/mol. The third kappa shape index (κ3) is 4.28. The van der Waals surface area contributed by atoms with Crippen molar-refractivity contribution in [1.29, 1.82) is 0 Å². The first-order valence-corrected chi connectivity index (χ1v) is 8.28. The number of rotatable bonds is 4. The van der Waals surface area contributed by atoms with Crippen LogP contribution in [0.3, 0.4) is 0 Å². The van der Waals surface area contributed by atoms with E-state index < -0.39 is 0 Å². The second-order valence-electron chi connectivity index (χ2n) is 5.97. The molecule has 0 aliphatic carbocycles. The fourth-order valence-corrected chi connectivity index (χ4v) is 2.79. The largest absolute Gasteiger partial charge is 0.490 e. The van der Waals surface area contributed by atoms with Gasteiger partial charge in [0.05, 0.1) is 25.4 Å². The lowest BCUT2D eigenvalue weighted by Gasteiger charge is -2.18. The van der Waals surface area contributed by atoms with E-state index in [2.05, 4.69) is 10.6 Å². The van der Waals surface area contributed by atoms with Gasteiger partial charge in [0.1, 0.15) is 0 Å². The molecule has 1 fully saturated rings. The molecular formula is C17H24N2O4. The maximum absolute atomic E-state index is 12.0. The van der Waals surface area contributed by atoms with E-state index in [1.54, 1.807) is 0 Å². The molecule has 3 rings (SSSR count). The fraction of sp³-hybridized carbons (Fsp3) is 0.588. The zero-order valence-corrected chi connectivity index (χ0v) is 13.5. The van der Waals surface area contributed by atoms with Crippen LogP contribution in [-0.2, 0) is 4.74 Å². The van der Waals surface area contributed by atoms with Gasteiger partial charge in [0.2, 0.25) is 0 Å². The van der Waals surface area contributed by atoms with Crippen LogP contribution in [0.4, 0.5) is 4.79 Å². The SMILES string of the molecule is C[C@@H](NC(=O)NC[C@@H]1CCCO1)c1ccc2c(c1)OCCCO2. The van der Waals surface area contributed by atoms with Crippen LogP contribution in [-0.4, -0.2) is 38.5 Å². The first-order chi connectivity index (χ1) is 11.2. The molecule has 2 heterocycles. The molecule has 0 radical (unpaired) electrons. The van der Waals surface area contributed by atoms with Crippen molar-refractivity contribution in [2.24, 2.45) is 0 Å². The number of nitrogens with one attached hydrogen (secondary N) is 2. The maximum atomic E-state index is 12.0. The highest BCUT2D eigenvalue weighted by atomic mass is 16.5. The molecule has 2 N–H and O–H groups in total. The number of fused-ring (bicyclic) bond motifs is 1. The molecule has 1 aromatic rings. The molecule has 1 aromatic carbocycles. The zero-order chi connectivity index (χ0) is 16.1. The van der Waals surface area contributed by atoms with Gasteiger partial charge < -0.3 is 24.8 Å². The number of urea groups is 1. The number of hydrogen-bond donors (Lipinski definition) is 2. The van der Waals surface area contributed by atoms with Gasteiger partial charge in [0.25, 0.3) is 0 Å². The Morgan fingerprint density at radius 2 is 2.04 bits per heavy atom. The molecule has 0 saturated carbocycles. The number of benzene rings is 1. The van der Waals surface area contributed by atoms with Gasteiger partial charge in [-0.2, -0.15) is 0 Å². The molecule has 6 heteroatoms. The summed E-state index contributed by atoms with van der Waals surface area (Å²) in [6.07, 6.45) is 3.11. The molecular weight excluding hydrogens is 296 g/mol. The third-order valence-electron chi connectivity index (χ3n) is 4.13. The topological polar surface area (TPSA) is 68.8 Å². The van der Waals surface area contributed by atoms with Crippen molar-refractivity contribution < 1.29 is 19.0 Å². The highest BCUT2D eigenvalue weighted by molar-refractivity contribution is 5.74. The molecule has 2 aliphatic rings. The molecule has 23 heavy (non-hydrogen) atoms. The van der Waals surface area contributed by atoms with Crippen LogP contribution in [0.1, 0.15) is 37.8 Å². The first kappa shape index (κ1) is 15.9. The number of carbonyl (C=O) groups is 1. The Morgan fingerprint density at radius 1 is 1.22 bits per heavy atom. The average Bonchev–Trinajstić information content (AvgIpc) is 2.96. The van der Waals surface area contributed by atoms with E-state index in [1.165, 1.54) is 0 Å². The Balaban J connectivity index is 1.53. The summed E-state index contributed by atoms with van der Waals surface area (Å²) in [5.41, 5.74) is 0.988. The van der Waals surface area contributed by atoms with E-state index in [0.29, 0.717) is 19.8 Å². The molecule has 2 amide bonds. The first-order valence-electron chi connectivity index (χ1n) is 8.28. The molecule has 2 aliphatic heterocycles. The van der Waals surface area contributed by atoms with Gasteiger partial charge in [0.15, 0.2) is 11.5 Å². The molecule has 126 valence electrons. The molecule has 0 unspecified atom stereocenters. The van der Waals surface area contributed by atoms with Crippen LogP contribution in [0.2, 0.25) is 0 Å². The van der Waals surface area contributed by atoms with Crippen molar-refractivity contribution in [3.8, 4) is 11.5 Å². The molecule has 0 bridgehead atoms. The van der Waals surface area contributed by atoms with E-state index >= 15 is 0 Å². The van der Waals surface area contributed by atoms with Crippen molar-refractivity contribution in [3.05, 3.63) is 23.8 Å². The molecule has 0 aromatic heterocycles. The van der Waals surface area contributed by atoms with Crippen molar-refractivity contribution in [2.75, 3.05) is 26.4 Å². The molecule has 2 atom stereocenters. The van der Waals surface area contributed by atoms with E-state index in [4.69, 9.17) is 14.2 Å². The molecule has 1 saturated heterocycles. The lowest BCUT2D eigenvalue weighted by Crippen LogP contribution is -2.40. The Hall–Kier alpha value is -1.95. The summed E-state index contributed by atoms with van der Waals surface area (Å²) in [4.78, 5) is 12.0. The summed E-state index contributed by atoms with van der Waals surface area (Å²) in [5, 5.41) is 5.81.